The number of nitrogens with one attached hydrogen (secondary N) is 2. The first-order chi connectivity index (χ1) is 16.1. The summed E-state index contributed by atoms with van der Waals surface area (Å²) < 4.78 is 33.5. The number of aliphatic hydroxyl groups is 1. The van der Waals surface area contributed by atoms with Gasteiger partial charge in [-0.2, -0.15) is 0 Å². The summed E-state index contributed by atoms with van der Waals surface area (Å²) in [6.07, 6.45) is -2.36. The van der Waals surface area contributed by atoms with Crippen LogP contribution in [-0.2, 0) is 14.3 Å². The molecule has 2 amide bonds. The van der Waals surface area contributed by atoms with Gasteiger partial charge < -0.3 is 25.6 Å². The van der Waals surface area contributed by atoms with Crippen molar-refractivity contribution in [3.05, 3.63) is 59.7 Å². The molecule has 2 aromatic rings. The molecule has 0 aliphatic heterocycles. The van der Waals surface area contributed by atoms with Gasteiger partial charge in [-0.3, -0.25) is 4.79 Å². The highest BCUT2D eigenvalue weighted by atomic mass is 19.3. The van der Waals surface area contributed by atoms with Crippen LogP contribution >= 0.6 is 0 Å². The number of amides is 2. The minimum Gasteiger partial charge on any atom is -0.480 e. The molecular weight excluding hydrogens is 450 g/mol. The molecule has 1 fully saturated rings. The number of carboxylic acid groups (broad SMARTS) is 1. The van der Waals surface area contributed by atoms with E-state index in [2.05, 4.69) is 5.32 Å². The molecule has 0 aromatic heterocycles. The Morgan fingerprint density at radius 3 is 2.15 bits per heavy atom. The van der Waals surface area contributed by atoms with Crippen molar-refractivity contribution in [2.75, 3.05) is 13.2 Å². The van der Waals surface area contributed by atoms with E-state index in [0.29, 0.717) is 0 Å². The number of ether oxygens (including phenoxy) is 1. The first-order valence-electron chi connectivity index (χ1n) is 10.8. The molecular formula is C24H24F2N2O6. The van der Waals surface area contributed by atoms with E-state index in [4.69, 9.17) is 9.84 Å². The Balaban J connectivity index is 1.32. The Morgan fingerprint density at radius 2 is 1.62 bits per heavy atom. The lowest BCUT2D eigenvalue weighted by Gasteiger charge is -2.16. The number of halogens is 2. The van der Waals surface area contributed by atoms with Gasteiger partial charge in [0.2, 0.25) is 5.91 Å². The maximum Gasteiger partial charge on any atom is 0.407 e. The monoisotopic (exact) mass is 474 g/mol. The molecule has 180 valence electrons. The zero-order chi connectivity index (χ0) is 24.6. The molecule has 0 saturated heterocycles. The second-order valence-electron chi connectivity index (χ2n) is 8.53. The number of aliphatic carboxylic acids is 1. The fourth-order valence-electron chi connectivity index (χ4n) is 4.48. The number of hydrogen-bond donors (Lipinski definition) is 4. The van der Waals surface area contributed by atoms with E-state index in [9.17, 15) is 28.3 Å². The number of fused-ring (bicyclic) bond motifs is 3. The number of benzene rings is 2. The first-order valence-corrected chi connectivity index (χ1v) is 10.8. The van der Waals surface area contributed by atoms with Crippen molar-refractivity contribution in [1.29, 1.82) is 0 Å². The number of rotatable bonds is 8. The lowest BCUT2D eigenvalue weighted by atomic mass is 9.98. The SMILES string of the molecule is CC(O)C(NC(=O)[C@@H]1[C@H](CNC(=O)OCC2c3ccccc3-c3ccccc32)C1(F)F)C(=O)O. The van der Waals surface area contributed by atoms with E-state index < -0.39 is 54.4 Å². The van der Waals surface area contributed by atoms with Gasteiger partial charge in [-0.15, -0.1) is 0 Å². The van der Waals surface area contributed by atoms with Gasteiger partial charge in [0.15, 0.2) is 6.04 Å². The summed E-state index contributed by atoms with van der Waals surface area (Å²) in [7, 11) is 0. The topological polar surface area (TPSA) is 125 Å². The van der Waals surface area contributed by atoms with Crippen molar-refractivity contribution in [1.82, 2.24) is 10.6 Å². The highest BCUT2D eigenvalue weighted by Gasteiger charge is 2.71. The van der Waals surface area contributed by atoms with Gasteiger partial charge in [0, 0.05) is 12.5 Å². The van der Waals surface area contributed by atoms with E-state index in [-0.39, 0.29) is 12.5 Å². The molecule has 2 aliphatic carbocycles. The molecule has 4 atom stereocenters. The van der Waals surface area contributed by atoms with E-state index in [1.807, 2.05) is 53.8 Å². The number of alkyl carbamates (subject to hydrolysis) is 1. The summed E-state index contributed by atoms with van der Waals surface area (Å²) in [5, 5.41) is 22.6. The van der Waals surface area contributed by atoms with Gasteiger partial charge in [-0.25, -0.2) is 18.4 Å². The smallest absolute Gasteiger partial charge is 0.407 e. The Labute approximate surface area is 193 Å². The van der Waals surface area contributed by atoms with Crippen LogP contribution in [0, 0.1) is 11.8 Å². The largest absolute Gasteiger partial charge is 0.480 e. The molecule has 4 N–H and O–H groups in total. The van der Waals surface area contributed by atoms with E-state index in [1.54, 1.807) is 0 Å². The molecule has 4 rings (SSSR count). The molecule has 2 aromatic carbocycles. The number of carbonyl (C=O) groups is 3. The third kappa shape index (κ3) is 4.33. The van der Waals surface area contributed by atoms with Crippen LogP contribution in [0.5, 0.6) is 0 Å². The molecule has 0 heterocycles. The molecule has 0 radical (unpaired) electrons. The van der Waals surface area contributed by atoms with Gasteiger partial charge in [-0.05, 0) is 29.2 Å². The summed E-state index contributed by atoms with van der Waals surface area (Å²) in [4.78, 5) is 35.4. The lowest BCUT2D eigenvalue weighted by molar-refractivity contribution is -0.145. The van der Waals surface area contributed by atoms with Crippen LogP contribution in [0.3, 0.4) is 0 Å². The molecule has 2 unspecified atom stereocenters. The number of aliphatic hydroxyl groups excluding tert-OH is 1. The summed E-state index contributed by atoms with van der Waals surface area (Å²) in [6.45, 7) is 0.619. The number of alkyl halides is 2. The first kappa shape index (κ1) is 23.6. The van der Waals surface area contributed by atoms with Crippen molar-refractivity contribution in [3.63, 3.8) is 0 Å². The molecule has 8 nitrogen and oxygen atoms in total. The lowest BCUT2D eigenvalue weighted by Crippen LogP contribution is -2.48. The minimum absolute atomic E-state index is 0.0134. The minimum atomic E-state index is -3.41. The predicted octanol–water partition coefficient (Wildman–Crippen LogP) is 2.36. The number of hydrogen-bond acceptors (Lipinski definition) is 5. The average molecular weight is 474 g/mol. The zero-order valence-electron chi connectivity index (χ0n) is 18.2. The van der Waals surface area contributed by atoms with Crippen LogP contribution in [-0.4, -0.2) is 59.4 Å². The van der Waals surface area contributed by atoms with Crippen LogP contribution in [0.15, 0.2) is 48.5 Å². The molecule has 34 heavy (non-hydrogen) atoms. The maximum atomic E-state index is 14.1. The molecule has 10 heteroatoms. The maximum absolute atomic E-state index is 14.1. The van der Waals surface area contributed by atoms with E-state index >= 15 is 0 Å². The molecule has 2 aliphatic rings. The van der Waals surface area contributed by atoms with Gasteiger partial charge in [0.1, 0.15) is 12.5 Å². The number of carbonyl (C=O) groups excluding carboxylic acids is 2. The van der Waals surface area contributed by atoms with Crippen molar-refractivity contribution >= 4 is 18.0 Å². The van der Waals surface area contributed by atoms with Gasteiger partial charge in [0.05, 0.1) is 12.0 Å². The third-order valence-electron chi connectivity index (χ3n) is 6.34. The van der Waals surface area contributed by atoms with E-state index in [1.165, 1.54) is 0 Å². The molecule has 0 spiro atoms. The highest BCUT2D eigenvalue weighted by molar-refractivity contribution is 5.88. The Hall–Kier alpha value is -3.53. The summed E-state index contributed by atoms with van der Waals surface area (Å²) >= 11 is 0. The standard InChI is InChI=1S/C24H24F2N2O6/c1-12(29)20(22(31)32)28-21(30)19-18(24(19,25)26)10-27-23(33)34-11-17-15-8-4-2-6-13(15)14-7-3-5-9-16(14)17/h2-9,12,17-20,29H,10-11H2,1H3,(H,27,33)(H,28,30)(H,31,32)/t12?,18-,19-,20?/m0/s1. The van der Waals surface area contributed by atoms with Gasteiger partial charge >= 0.3 is 12.1 Å². The van der Waals surface area contributed by atoms with Crippen molar-refractivity contribution in [2.45, 2.75) is 30.9 Å². The second-order valence-corrected chi connectivity index (χ2v) is 8.53. The third-order valence-corrected chi connectivity index (χ3v) is 6.34. The van der Waals surface area contributed by atoms with Crippen molar-refractivity contribution in [3.8, 4) is 11.1 Å². The van der Waals surface area contributed by atoms with Crippen LogP contribution in [0.2, 0.25) is 0 Å². The van der Waals surface area contributed by atoms with Crippen LogP contribution < -0.4 is 10.6 Å². The summed E-state index contributed by atoms with van der Waals surface area (Å²) in [6, 6.07) is 13.8. The summed E-state index contributed by atoms with van der Waals surface area (Å²) in [5.74, 6) is -9.65. The number of carboxylic acids is 1. The Kier molecular flexibility index (Phi) is 6.26. The fourth-order valence-corrected chi connectivity index (χ4v) is 4.48. The zero-order valence-corrected chi connectivity index (χ0v) is 18.2. The molecule has 1 saturated carbocycles. The van der Waals surface area contributed by atoms with Crippen molar-refractivity contribution < 1.29 is 38.1 Å². The second kappa shape index (κ2) is 9.02. The van der Waals surface area contributed by atoms with Crippen LogP contribution in [0.25, 0.3) is 11.1 Å². The van der Waals surface area contributed by atoms with Crippen LogP contribution in [0.1, 0.15) is 24.0 Å². The predicted molar refractivity (Wildman–Crippen MR) is 116 cm³/mol. The van der Waals surface area contributed by atoms with Gasteiger partial charge in [-0.1, -0.05) is 48.5 Å². The summed E-state index contributed by atoms with van der Waals surface area (Å²) in [5.41, 5.74) is 4.12. The van der Waals surface area contributed by atoms with Crippen molar-refractivity contribution in [2.24, 2.45) is 11.8 Å². The Morgan fingerprint density at radius 1 is 1.06 bits per heavy atom. The van der Waals surface area contributed by atoms with Crippen LogP contribution in [0.4, 0.5) is 13.6 Å². The highest BCUT2D eigenvalue weighted by Crippen LogP contribution is 2.55. The fraction of sp³-hybridized carbons (Fsp3) is 0.375. The van der Waals surface area contributed by atoms with E-state index in [0.717, 1.165) is 29.2 Å². The van der Waals surface area contributed by atoms with Gasteiger partial charge in [0.25, 0.3) is 5.92 Å². The quantitative estimate of drug-likeness (QED) is 0.466. The normalized spacial score (nSPS) is 21.5. The molecule has 0 bridgehead atoms. The average Bonchev–Trinajstić information content (AvgIpc) is 3.20. The Bertz CT molecular complexity index is 1080.